The fourth-order valence-corrected chi connectivity index (χ4v) is 3.03. The summed E-state index contributed by atoms with van der Waals surface area (Å²) in [4.78, 5) is 14.3. The summed E-state index contributed by atoms with van der Waals surface area (Å²) in [6.07, 6.45) is 4.29. The molecule has 2 aliphatic carbocycles. The molecule has 0 spiro atoms. The molecule has 2 fully saturated rings. The van der Waals surface area contributed by atoms with Gasteiger partial charge < -0.3 is 24.2 Å². The minimum absolute atomic E-state index is 0.0762. The Morgan fingerprint density at radius 1 is 1.27 bits per heavy atom. The van der Waals surface area contributed by atoms with Crippen molar-refractivity contribution in [2.75, 3.05) is 25.2 Å². The normalized spacial score (nSPS) is 21.9. The monoisotopic (exact) mass is 363 g/mol. The van der Waals surface area contributed by atoms with E-state index in [0.717, 1.165) is 25.7 Å². The fourth-order valence-electron chi connectivity index (χ4n) is 3.03. The highest BCUT2D eigenvalue weighted by Gasteiger charge is 2.38. The molecule has 0 bridgehead atoms. The van der Waals surface area contributed by atoms with E-state index in [1.54, 1.807) is 12.3 Å². The maximum absolute atomic E-state index is 14.5. The third-order valence-corrected chi connectivity index (χ3v) is 4.74. The number of hydrogen-bond acceptors (Lipinski definition) is 6. The first-order valence-electron chi connectivity index (χ1n) is 8.92. The number of carbonyl (C=O) groups excluding carboxylic acids is 1. The number of hydrogen-bond donors (Lipinski definition) is 1. The first-order chi connectivity index (χ1) is 12.6. The van der Waals surface area contributed by atoms with Gasteiger partial charge in [-0.3, -0.25) is 0 Å². The zero-order chi connectivity index (χ0) is 18.3. The highest BCUT2D eigenvalue weighted by atomic mass is 19.1. The minimum Gasteiger partial charge on any atom is -0.487 e. The first-order valence-corrected chi connectivity index (χ1v) is 8.92. The Morgan fingerprint density at radius 3 is 2.69 bits per heavy atom. The van der Waals surface area contributed by atoms with Gasteiger partial charge in [0.15, 0.2) is 11.6 Å². The first kappa shape index (κ1) is 17.3. The molecule has 0 saturated heterocycles. The topological polar surface area (TPSA) is 68.2 Å². The molecule has 1 N–H and O–H groups in total. The van der Waals surface area contributed by atoms with Gasteiger partial charge in [-0.25, -0.2) is 9.18 Å². The summed E-state index contributed by atoms with van der Waals surface area (Å²) in [6.45, 7) is 0.368. The molecular formula is C19H22FNO5. The van der Waals surface area contributed by atoms with Crippen molar-refractivity contribution in [2.45, 2.75) is 43.9 Å². The Labute approximate surface area is 151 Å². The number of anilines is 1. The number of methoxy groups -OCH3 is 1. The maximum atomic E-state index is 14.5. The van der Waals surface area contributed by atoms with Crippen LogP contribution >= 0.6 is 0 Å². The number of rotatable bonds is 7. The van der Waals surface area contributed by atoms with E-state index in [9.17, 15) is 14.3 Å². The quantitative estimate of drug-likeness (QED) is 0.593. The molecule has 1 aromatic rings. The van der Waals surface area contributed by atoms with E-state index >= 15 is 0 Å². The average molecular weight is 363 g/mol. The van der Waals surface area contributed by atoms with E-state index in [4.69, 9.17) is 14.2 Å². The lowest BCUT2D eigenvalue weighted by Crippen LogP contribution is -2.30. The number of aliphatic hydroxyl groups is 1. The van der Waals surface area contributed by atoms with Gasteiger partial charge in [0.25, 0.3) is 0 Å². The molecule has 1 heterocycles. The van der Waals surface area contributed by atoms with Gasteiger partial charge >= 0.3 is 5.97 Å². The lowest BCUT2D eigenvalue weighted by Gasteiger charge is -2.32. The number of carbonyl (C=O) groups is 1. The average Bonchev–Trinajstić information content (AvgIpc) is 3.51. The second-order valence-corrected chi connectivity index (χ2v) is 6.91. The minimum atomic E-state index is -1.24. The van der Waals surface area contributed by atoms with Crippen LogP contribution in [0.4, 0.5) is 10.1 Å². The predicted octanol–water partition coefficient (Wildman–Crippen LogP) is 2.46. The second-order valence-electron chi connectivity index (χ2n) is 6.91. The SMILES string of the molecule is COCCOC(=O)C1=CN(C2CC2)c2cc(OC3CC3)c(F)cc2C1O. The zero-order valence-corrected chi connectivity index (χ0v) is 14.6. The summed E-state index contributed by atoms with van der Waals surface area (Å²) in [7, 11) is 1.51. The van der Waals surface area contributed by atoms with Crippen LogP contribution in [0.3, 0.4) is 0 Å². The Hall–Kier alpha value is -2.12. The number of aliphatic hydroxyl groups excluding tert-OH is 1. The Balaban J connectivity index is 1.64. The summed E-state index contributed by atoms with van der Waals surface area (Å²) in [5.74, 6) is -0.951. The molecule has 6 nitrogen and oxygen atoms in total. The Morgan fingerprint density at radius 2 is 2.04 bits per heavy atom. The van der Waals surface area contributed by atoms with Crippen molar-refractivity contribution >= 4 is 11.7 Å². The van der Waals surface area contributed by atoms with Crippen LogP contribution in [-0.4, -0.2) is 43.5 Å². The second kappa shape index (κ2) is 6.89. The smallest absolute Gasteiger partial charge is 0.338 e. The van der Waals surface area contributed by atoms with Gasteiger partial charge in [-0.15, -0.1) is 0 Å². The van der Waals surface area contributed by atoms with E-state index in [0.29, 0.717) is 11.3 Å². The van der Waals surface area contributed by atoms with Gasteiger partial charge in [0.05, 0.1) is 24.0 Å². The van der Waals surface area contributed by atoms with Crippen molar-refractivity contribution in [3.8, 4) is 5.75 Å². The predicted molar refractivity (Wildman–Crippen MR) is 91.4 cm³/mol. The highest BCUT2D eigenvalue weighted by Crippen LogP contribution is 2.45. The summed E-state index contributed by atoms with van der Waals surface area (Å²) < 4.78 is 30.1. The summed E-state index contributed by atoms with van der Waals surface area (Å²) in [5, 5.41) is 10.6. The van der Waals surface area contributed by atoms with Crippen LogP contribution < -0.4 is 9.64 Å². The molecule has 0 radical (unpaired) electrons. The molecule has 1 atom stereocenters. The Kier molecular flexibility index (Phi) is 4.58. The van der Waals surface area contributed by atoms with Crippen LogP contribution in [-0.2, 0) is 14.3 Å². The number of esters is 1. The van der Waals surface area contributed by atoms with Crippen molar-refractivity contribution in [2.24, 2.45) is 0 Å². The van der Waals surface area contributed by atoms with Crippen LogP contribution in [0.5, 0.6) is 5.75 Å². The molecule has 1 unspecified atom stereocenters. The van der Waals surface area contributed by atoms with Crippen molar-refractivity contribution in [3.05, 3.63) is 35.3 Å². The molecular weight excluding hydrogens is 341 g/mol. The molecule has 1 aliphatic heterocycles. The number of halogens is 1. The molecule has 1 aromatic carbocycles. The third-order valence-electron chi connectivity index (χ3n) is 4.74. The molecule has 0 amide bonds. The van der Waals surface area contributed by atoms with Crippen LogP contribution in [0.15, 0.2) is 23.9 Å². The van der Waals surface area contributed by atoms with E-state index in [-0.39, 0.29) is 36.7 Å². The van der Waals surface area contributed by atoms with Crippen molar-refractivity contribution in [3.63, 3.8) is 0 Å². The van der Waals surface area contributed by atoms with E-state index in [1.165, 1.54) is 13.2 Å². The molecule has 4 rings (SSSR count). The summed E-state index contributed by atoms with van der Waals surface area (Å²) >= 11 is 0. The van der Waals surface area contributed by atoms with Gasteiger partial charge in [-0.2, -0.15) is 0 Å². The van der Waals surface area contributed by atoms with Gasteiger partial charge in [0.2, 0.25) is 0 Å². The lowest BCUT2D eigenvalue weighted by molar-refractivity contribution is -0.141. The largest absolute Gasteiger partial charge is 0.487 e. The molecule has 0 aromatic heterocycles. The van der Waals surface area contributed by atoms with Crippen LogP contribution in [0.1, 0.15) is 37.4 Å². The van der Waals surface area contributed by atoms with Gasteiger partial charge in [-0.1, -0.05) is 0 Å². The molecule has 140 valence electrons. The standard InChI is InChI=1S/C19H22FNO5/c1-24-6-7-25-19(23)14-10-21(11-2-3-11)16-9-17(26-12-4-5-12)15(20)8-13(16)18(14)22/h8-12,18,22H,2-7H2,1H3. The van der Waals surface area contributed by atoms with E-state index in [2.05, 4.69) is 0 Å². The van der Waals surface area contributed by atoms with Gasteiger partial charge in [0, 0.05) is 31.0 Å². The number of benzene rings is 1. The molecule has 3 aliphatic rings. The van der Waals surface area contributed by atoms with Crippen molar-refractivity contribution < 1.29 is 28.5 Å². The maximum Gasteiger partial charge on any atom is 0.338 e. The lowest BCUT2D eigenvalue weighted by atomic mass is 9.95. The van der Waals surface area contributed by atoms with Crippen LogP contribution in [0.25, 0.3) is 0 Å². The summed E-state index contributed by atoms with van der Waals surface area (Å²) in [5.41, 5.74) is 1.15. The van der Waals surface area contributed by atoms with Crippen LogP contribution in [0.2, 0.25) is 0 Å². The van der Waals surface area contributed by atoms with Gasteiger partial charge in [-0.05, 0) is 31.7 Å². The van der Waals surface area contributed by atoms with E-state index < -0.39 is 17.9 Å². The van der Waals surface area contributed by atoms with E-state index in [1.807, 2.05) is 4.90 Å². The molecule has 7 heteroatoms. The van der Waals surface area contributed by atoms with Crippen molar-refractivity contribution in [1.82, 2.24) is 0 Å². The number of fused-ring (bicyclic) bond motifs is 1. The number of ether oxygens (including phenoxy) is 3. The third kappa shape index (κ3) is 3.41. The number of nitrogens with zero attached hydrogens (tertiary/aromatic N) is 1. The summed E-state index contributed by atoms with van der Waals surface area (Å²) in [6, 6.07) is 3.14. The van der Waals surface area contributed by atoms with Crippen molar-refractivity contribution in [1.29, 1.82) is 0 Å². The fraction of sp³-hybridized carbons (Fsp3) is 0.526. The highest BCUT2D eigenvalue weighted by molar-refractivity contribution is 5.92. The van der Waals surface area contributed by atoms with Crippen LogP contribution in [0, 0.1) is 5.82 Å². The Bertz CT molecular complexity index is 742. The van der Waals surface area contributed by atoms with Gasteiger partial charge in [0.1, 0.15) is 12.7 Å². The molecule has 2 saturated carbocycles. The molecule has 26 heavy (non-hydrogen) atoms. The zero-order valence-electron chi connectivity index (χ0n) is 14.6.